The first-order valence-electron chi connectivity index (χ1n) is 9.73. The first kappa shape index (κ1) is 18.0. The maximum atomic E-state index is 12.7. The summed E-state index contributed by atoms with van der Waals surface area (Å²) in [6.07, 6.45) is 1.71. The molecular weight excluding hydrogens is 338 g/mol. The summed E-state index contributed by atoms with van der Waals surface area (Å²) in [6, 6.07) is 20.5. The summed E-state index contributed by atoms with van der Waals surface area (Å²) in [4.78, 5) is 17.3. The van der Waals surface area contributed by atoms with Gasteiger partial charge in [-0.05, 0) is 30.5 Å². The van der Waals surface area contributed by atoms with Gasteiger partial charge in [0.1, 0.15) is 5.54 Å². The van der Waals surface area contributed by atoms with Crippen LogP contribution in [0, 0.1) is 0 Å². The molecule has 0 saturated carbocycles. The number of ether oxygens (including phenoxy) is 1. The second kappa shape index (κ2) is 8.11. The van der Waals surface area contributed by atoms with Gasteiger partial charge in [0, 0.05) is 25.3 Å². The van der Waals surface area contributed by atoms with Gasteiger partial charge in [-0.15, -0.1) is 0 Å². The highest BCUT2D eigenvalue weighted by atomic mass is 16.5. The first-order valence-corrected chi connectivity index (χ1v) is 9.73. The zero-order chi connectivity index (χ0) is 18.5. The number of rotatable bonds is 6. The molecule has 2 aliphatic rings. The number of likely N-dealkylation sites (tertiary alicyclic amines) is 1. The van der Waals surface area contributed by atoms with Crippen LogP contribution < -0.4 is 10.2 Å². The van der Waals surface area contributed by atoms with Crippen LogP contribution in [0.25, 0.3) is 0 Å². The van der Waals surface area contributed by atoms with Crippen LogP contribution in [0.4, 0.5) is 5.69 Å². The van der Waals surface area contributed by atoms with Gasteiger partial charge in [0.2, 0.25) is 5.91 Å². The molecule has 4 rings (SSSR count). The minimum Gasteiger partial charge on any atom is -0.375 e. The predicted molar refractivity (Wildman–Crippen MR) is 106 cm³/mol. The fourth-order valence-corrected chi connectivity index (χ4v) is 4.14. The highest BCUT2D eigenvalue weighted by Gasteiger charge is 2.50. The number of benzene rings is 2. The smallest absolute Gasteiger partial charge is 0.247 e. The number of carbonyl (C=O) groups excluding carboxylic acids is 1. The van der Waals surface area contributed by atoms with Gasteiger partial charge in [0.05, 0.1) is 19.9 Å². The minimum atomic E-state index is -0.400. The summed E-state index contributed by atoms with van der Waals surface area (Å²) in [5.74, 6) is 0.173. The summed E-state index contributed by atoms with van der Waals surface area (Å²) >= 11 is 0. The van der Waals surface area contributed by atoms with Crippen molar-refractivity contribution in [2.45, 2.75) is 25.0 Å². The summed E-state index contributed by atoms with van der Waals surface area (Å²) in [7, 11) is 0. The zero-order valence-electron chi connectivity index (χ0n) is 15.6. The second-order valence-corrected chi connectivity index (χ2v) is 7.34. The zero-order valence-corrected chi connectivity index (χ0v) is 15.6. The highest BCUT2D eigenvalue weighted by molar-refractivity contribution is 5.93. The lowest BCUT2D eigenvalue weighted by molar-refractivity contribution is -0.125. The summed E-state index contributed by atoms with van der Waals surface area (Å²) in [6.45, 7) is 4.73. The molecule has 5 nitrogen and oxygen atoms in total. The molecule has 27 heavy (non-hydrogen) atoms. The second-order valence-electron chi connectivity index (χ2n) is 7.34. The van der Waals surface area contributed by atoms with Crippen molar-refractivity contribution in [1.29, 1.82) is 0 Å². The van der Waals surface area contributed by atoms with E-state index in [0.29, 0.717) is 13.3 Å². The minimum absolute atomic E-state index is 0.173. The van der Waals surface area contributed by atoms with Crippen LogP contribution in [0.5, 0.6) is 0 Å². The van der Waals surface area contributed by atoms with E-state index in [4.69, 9.17) is 4.74 Å². The largest absolute Gasteiger partial charge is 0.375 e. The molecule has 142 valence electrons. The Morgan fingerprint density at radius 3 is 2.33 bits per heavy atom. The van der Waals surface area contributed by atoms with E-state index >= 15 is 0 Å². The van der Waals surface area contributed by atoms with Crippen molar-refractivity contribution in [3.8, 4) is 0 Å². The fourth-order valence-electron chi connectivity index (χ4n) is 4.14. The van der Waals surface area contributed by atoms with Gasteiger partial charge in [-0.3, -0.25) is 4.79 Å². The number of para-hydroxylation sites is 1. The van der Waals surface area contributed by atoms with Gasteiger partial charge >= 0.3 is 0 Å². The summed E-state index contributed by atoms with van der Waals surface area (Å²) in [5, 5.41) is 3.06. The number of piperidine rings is 1. The van der Waals surface area contributed by atoms with Gasteiger partial charge in [0.25, 0.3) is 0 Å². The third kappa shape index (κ3) is 3.84. The normalized spacial score (nSPS) is 19.4. The Hall–Kier alpha value is -2.37. The molecule has 0 atom stereocenters. The third-order valence-corrected chi connectivity index (χ3v) is 5.75. The van der Waals surface area contributed by atoms with E-state index in [0.717, 1.165) is 44.8 Å². The van der Waals surface area contributed by atoms with Crippen molar-refractivity contribution in [3.63, 3.8) is 0 Å². The maximum Gasteiger partial charge on any atom is 0.247 e. The van der Waals surface area contributed by atoms with Crippen LogP contribution in [0.15, 0.2) is 60.7 Å². The average Bonchev–Trinajstić information content (AvgIpc) is 3.04. The Balaban J connectivity index is 1.29. The third-order valence-electron chi connectivity index (χ3n) is 5.75. The van der Waals surface area contributed by atoms with Crippen molar-refractivity contribution < 1.29 is 9.53 Å². The molecule has 0 aromatic heterocycles. The van der Waals surface area contributed by atoms with Crippen molar-refractivity contribution in [3.05, 3.63) is 66.2 Å². The Morgan fingerprint density at radius 1 is 0.963 bits per heavy atom. The predicted octanol–water partition coefficient (Wildman–Crippen LogP) is 2.63. The number of hydrogen-bond donors (Lipinski definition) is 1. The lowest BCUT2D eigenvalue weighted by Crippen LogP contribution is -2.56. The molecular formula is C22H27N3O2. The van der Waals surface area contributed by atoms with Crippen LogP contribution in [0.1, 0.15) is 18.4 Å². The molecule has 1 N–H and O–H groups in total. The van der Waals surface area contributed by atoms with E-state index in [-0.39, 0.29) is 5.91 Å². The lowest BCUT2D eigenvalue weighted by Gasteiger charge is -2.43. The molecule has 2 fully saturated rings. The van der Waals surface area contributed by atoms with Crippen molar-refractivity contribution >= 4 is 11.6 Å². The number of hydrogen-bond acceptors (Lipinski definition) is 4. The SMILES string of the molecule is O=C1NCN(c2ccccc2)C12CCN(CCOCc1ccccc1)CC2. The van der Waals surface area contributed by atoms with Gasteiger partial charge < -0.3 is 19.9 Å². The molecule has 2 aromatic rings. The van der Waals surface area contributed by atoms with E-state index in [2.05, 4.69) is 39.4 Å². The molecule has 0 aliphatic carbocycles. The van der Waals surface area contributed by atoms with Crippen LogP contribution in [0.2, 0.25) is 0 Å². The molecule has 0 bridgehead atoms. The lowest BCUT2D eigenvalue weighted by atomic mass is 9.85. The summed E-state index contributed by atoms with van der Waals surface area (Å²) in [5.41, 5.74) is 1.93. The maximum absolute atomic E-state index is 12.7. The topological polar surface area (TPSA) is 44.8 Å². The molecule has 1 spiro atoms. The number of carbonyl (C=O) groups is 1. The quantitative estimate of drug-likeness (QED) is 0.800. The Bertz CT molecular complexity index is 743. The van der Waals surface area contributed by atoms with Gasteiger partial charge in [0.15, 0.2) is 0 Å². The van der Waals surface area contributed by atoms with E-state index in [9.17, 15) is 4.79 Å². The van der Waals surface area contributed by atoms with Crippen LogP contribution >= 0.6 is 0 Å². The average molecular weight is 365 g/mol. The monoisotopic (exact) mass is 365 g/mol. The van der Waals surface area contributed by atoms with Crippen LogP contribution in [-0.2, 0) is 16.1 Å². The standard InChI is InChI=1S/C22H27N3O2/c26-21-22(25(18-23-21)20-9-5-2-6-10-20)11-13-24(14-12-22)15-16-27-17-19-7-3-1-4-8-19/h1-10H,11-18H2,(H,23,26). The Morgan fingerprint density at radius 2 is 1.63 bits per heavy atom. The van der Waals surface area contributed by atoms with Gasteiger partial charge in [-0.1, -0.05) is 48.5 Å². The Kier molecular flexibility index (Phi) is 5.41. The number of nitrogens with zero attached hydrogens (tertiary/aromatic N) is 2. The number of amides is 1. The van der Waals surface area contributed by atoms with E-state index in [1.807, 2.05) is 36.4 Å². The Labute approximate surface area is 160 Å². The van der Waals surface area contributed by atoms with Crippen LogP contribution in [0.3, 0.4) is 0 Å². The van der Waals surface area contributed by atoms with Gasteiger partial charge in [-0.25, -0.2) is 0 Å². The van der Waals surface area contributed by atoms with E-state index in [1.165, 1.54) is 5.56 Å². The number of nitrogens with one attached hydrogen (secondary N) is 1. The van der Waals surface area contributed by atoms with Crippen molar-refractivity contribution in [2.75, 3.05) is 37.8 Å². The highest BCUT2D eigenvalue weighted by Crippen LogP contribution is 2.35. The van der Waals surface area contributed by atoms with E-state index in [1.54, 1.807) is 0 Å². The molecule has 2 saturated heterocycles. The van der Waals surface area contributed by atoms with Crippen molar-refractivity contribution in [1.82, 2.24) is 10.2 Å². The molecule has 0 unspecified atom stereocenters. The van der Waals surface area contributed by atoms with Gasteiger partial charge in [-0.2, -0.15) is 0 Å². The molecule has 5 heteroatoms. The van der Waals surface area contributed by atoms with Crippen LogP contribution in [-0.4, -0.2) is 49.3 Å². The van der Waals surface area contributed by atoms with Crippen molar-refractivity contribution in [2.24, 2.45) is 0 Å². The molecule has 2 aliphatic heterocycles. The molecule has 1 amide bonds. The fraction of sp³-hybridized carbons (Fsp3) is 0.409. The summed E-state index contributed by atoms with van der Waals surface area (Å²) < 4.78 is 5.82. The first-order chi connectivity index (χ1) is 13.3. The number of anilines is 1. The van der Waals surface area contributed by atoms with E-state index < -0.39 is 5.54 Å². The molecule has 2 aromatic carbocycles. The molecule has 0 radical (unpaired) electrons. The molecule has 2 heterocycles.